The summed E-state index contributed by atoms with van der Waals surface area (Å²) in [6.45, 7) is 8.50. The molecule has 1 unspecified atom stereocenters. The Kier molecular flexibility index (Phi) is 8.96. The first-order valence-corrected chi connectivity index (χ1v) is 10.0. The number of halogens is 1. The minimum absolute atomic E-state index is 0.291. The van der Waals surface area contributed by atoms with Crippen molar-refractivity contribution in [2.24, 2.45) is 0 Å². The van der Waals surface area contributed by atoms with Crippen LogP contribution in [0.3, 0.4) is 0 Å². The van der Waals surface area contributed by atoms with E-state index < -0.39 is 12.1 Å². The Morgan fingerprint density at radius 2 is 1.72 bits per heavy atom. The molecule has 0 spiro atoms. The predicted octanol–water partition coefficient (Wildman–Crippen LogP) is 4.24. The molecule has 29 heavy (non-hydrogen) atoms. The van der Waals surface area contributed by atoms with E-state index in [4.69, 9.17) is 21.1 Å². The molecule has 0 aliphatic rings. The third kappa shape index (κ3) is 7.07. The van der Waals surface area contributed by atoms with Gasteiger partial charge in [0.25, 0.3) is 5.91 Å². The number of para-hydroxylation sites is 1. The van der Waals surface area contributed by atoms with Gasteiger partial charge >= 0.3 is 5.97 Å². The Bertz CT molecular complexity index is 807. The maximum Gasteiger partial charge on any atom is 0.340 e. The van der Waals surface area contributed by atoms with Gasteiger partial charge in [0.15, 0.2) is 6.10 Å². The number of benzene rings is 2. The molecular formula is C22H27ClN2O4. The van der Waals surface area contributed by atoms with Crippen LogP contribution >= 0.6 is 11.6 Å². The van der Waals surface area contributed by atoms with Crippen LogP contribution in [0.15, 0.2) is 48.5 Å². The summed E-state index contributed by atoms with van der Waals surface area (Å²) in [5.74, 6) is -0.316. The van der Waals surface area contributed by atoms with E-state index in [0.29, 0.717) is 35.2 Å². The molecule has 0 heterocycles. The van der Waals surface area contributed by atoms with Crippen molar-refractivity contribution >= 4 is 29.2 Å². The van der Waals surface area contributed by atoms with E-state index in [1.165, 1.54) is 0 Å². The van der Waals surface area contributed by atoms with Crippen molar-refractivity contribution in [2.75, 3.05) is 31.6 Å². The third-order valence-electron chi connectivity index (χ3n) is 4.44. The Labute approximate surface area is 176 Å². The number of esters is 1. The molecule has 2 aromatic carbocycles. The number of nitrogens with one attached hydrogen (secondary N) is 1. The summed E-state index contributed by atoms with van der Waals surface area (Å²) in [5.41, 5.74) is 0.691. The van der Waals surface area contributed by atoms with Crippen molar-refractivity contribution in [3.05, 3.63) is 59.1 Å². The summed E-state index contributed by atoms with van der Waals surface area (Å²) in [4.78, 5) is 27.1. The summed E-state index contributed by atoms with van der Waals surface area (Å²) < 4.78 is 11.0. The van der Waals surface area contributed by atoms with Gasteiger partial charge in [0.2, 0.25) is 0 Å². The second-order valence-electron chi connectivity index (χ2n) is 6.41. The molecule has 0 aromatic heterocycles. The number of rotatable bonds is 10. The summed E-state index contributed by atoms with van der Waals surface area (Å²) in [6, 6.07) is 13.5. The molecule has 1 N–H and O–H groups in total. The summed E-state index contributed by atoms with van der Waals surface area (Å²) >= 11 is 5.85. The highest BCUT2D eigenvalue weighted by atomic mass is 35.5. The van der Waals surface area contributed by atoms with Crippen LogP contribution in [0.5, 0.6) is 5.75 Å². The summed E-state index contributed by atoms with van der Waals surface area (Å²) in [7, 11) is 0. The van der Waals surface area contributed by atoms with Crippen molar-refractivity contribution in [2.45, 2.75) is 26.9 Å². The number of hydrogen-bond acceptors (Lipinski definition) is 5. The van der Waals surface area contributed by atoms with Crippen LogP contribution in [0.4, 0.5) is 5.69 Å². The molecule has 7 heteroatoms. The number of amides is 1. The number of ether oxygens (including phenoxy) is 2. The molecule has 0 fully saturated rings. The van der Waals surface area contributed by atoms with E-state index in [1.807, 2.05) is 0 Å². The van der Waals surface area contributed by atoms with E-state index in [-0.39, 0.29) is 5.91 Å². The van der Waals surface area contributed by atoms with Gasteiger partial charge in [0, 0.05) is 11.6 Å². The average molecular weight is 419 g/mol. The van der Waals surface area contributed by atoms with Crippen molar-refractivity contribution in [1.82, 2.24) is 4.90 Å². The fraction of sp³-hybridized carbons (Fsp3) is 0.364. The number of carbonyl (C=O) groups excluding carboxylic acids is 2. The highest BCUT2D eigenvalue weighted by molar-refractivity contribution is 6.30. The molecule has 0 aliphatic heterocycles. The highest BCUT2D eigenvalue weighted by Crippen LogP contribution is 2.19. The molecule has 0 bridgehead atoms. The van der Waals surface area contributed by atoms with Gasteiger partial charge in [-0.1, -0.05) is 37.6 Å². The lowest BCUT2D eigenvalue weighted by Crippen LogP contribution is -2.31. The fourth-order valence-electron chi connectivity index (χ4n) is 2.66. The molecule has 1 atom stereocenters. The van der Waals surface area contributed by atoms with Crippen LogP contribution in [-0.2, 0) is 9.53 Å². The van der Waals surface area contributed by atoms with Crippen LogP contribution in [0.25, 0.3) is 0 Å². The Morgan fingerprint density at radius 1 is 1.07 bits per heavy atom. The van der Waals surface area contributed by atoms with Crippen molar-refractivity contribution in [1.29, 1.82) is 0 Å². The standard InChI is InChI=1S/C22H27ClN2O4/c1-4-25(5-2)14-15-28-22(27)19-8-6-7-9-20(19)24-21(26)16(3)29-18-12-10-17(23)11-13-18/h6-13,16H,4-5,14-15H2,1-3H3,(H,24,26). The maximum absolute atomic E-state index is 12.5. The van der Waals surface area contributed by atoms with Gasteiger partial charge in [-0.15, -0.1) is 0 Å². The quantitative estimate of drug-likeness (QED) is 0.584. The second-order valence-corrected chi connectivity index (χ2v) is 6.85. The minimum atomic E-state index is -0.761. The molecule has 2 aromatic rings. The Morgan fingerprint density at radius 3 is 2.38 bits per heavy atom. The molecular weight excluding hydrogens is 392 g/mol. The molecule has 0 aliphatic carbocycles. The van der Waals surface area contributed by atoms with Crippen LogP contribution in [0.2, 0.25) is 5.02 Å². The van der Waals surface area contributed by atoms with E-state index in [9.17, 15) is 9.59 Å². The Balaban J connectivity index is 1.97. The van der Waals surface area contributed by atoms with Crippen molar-refractivity contribution in [3.8, 4) is 5.75 Å². The topological polar surface area (TPSA) is 67.9 Å². The first-order valence-electron chi connectivity index (χ1n) is 9.66. The van der Waals surface area contributed by atoms with Crippen molar-refractivity contribution in [3.63, 3.8) is 0 Å². The smallest absolute Gasteiger partial charge is 0.340 e. The van der Waals surface area contributed by atoms with Gasteiger partial charge in [-0.05, 0) is 56.4 Å². The van der Waals surface area contributed by atoms with Gasteiger partial charge in [0.05, 0.1) is 11.3 Å². The van der Waals surface area contributed by atoms with Crippen molar-refractivity contribution < 1.29 is 19.1 Å². The first-order chi connectivity index (χ1) is 13.9. The normalized spacial score (nSPS) is 11.8. The fourth-order valence-corrected chi connectivity index (χ4v) is 2.79. The zero-order chi connectivity index (χ0) is 21.2. The van der Waals surface area contributed by atoms with Gasteiger partial charge in [-0.3, -0.25) is 4.79 Å². The summed E-state index contributed by atoms with van der Waals surface area (Å²) in [5, 5.41) is 3.33. The van der Waals surface area contributed by atoms with E-state index in [2.05, 4.69) is 24.1 Å². The van der Waals surface area contributed by atoms with E-state index in [1.54, 1.807) is 55.5 Å². The second kappa shape index (κ2) is 11.4. The number of nitrogens with zero attached hydrogens (tertiary/aromatic N) is 1. The minimum Gasteiger partial charge on any atom is -0.481 e. The highest BCUT2D eigenvalue weighted by Gasteiger charge is 2.19. The summed E-state index contributed by atoms with van der Waals surface area (Å²) in [6.07, 6.45) is -0.761. The zero-order valence-electron chi connectivity index (χ0n) is 17.0. The lowest BCUT2D eigenvalue weighted by molar-refractivity contribution is -0.122. The number of hydrogen-bond donors (Lipinski definition) is 1. The van der Waals surface area contributed by atoms with Crippen LogP contribution in [-0.4, -0.2) is 49.1 Å². The Hall–Kier alpha value is -2.57. The number of anilines is 1. The van der Waals surface area contributed by atoms with Gasteiger partial charge in [-0.2, -0.15) is 0 Å². The largest absolute Gasteiger partial charge is 0.481 e. The molecule has 156 valence electrons. The average Bonchev–Trinajstić information content (AvgIpc) is 2.73. The zero-order valence-corrected chi connectivity index (χ0v) is 17.7. The van der Waals surface area contributed by atoms with Gasteiger partial charge in [0.1, 0.15) is 12.4 Å². The van der Waals surface area contributed by atoms with Gasteiger partial charge in [-0.25, -0.2) is 4.79 Å². The molecule has 2 rings (SSSR count). The van der Waals surface area contributed by atoms with Gasteiger partial charge < -0.3 is 19.7 Å². The van der Waals surface area contributed by atoms with Crippen LogP contribution < -0.4 is 10.1 Å². The number of carbonyl (C=O) groups is 2. The SMILES string of the molecule is CCN(CC)CCOC(=O)c1ccccc1NC(=O)C(C)Oc1ccc(Cl)cc1. The monoisotopic (exact) mass is 418 g/mol. The molecule has 0 saturated carbocycles. The van der Waals surface area contributed by atoms with Crippen LogP contribution in [0, 0.1) is 0 Å². The van der Waals surface area contributed by atoms with E-state index in [0.717, 1.165) is 13.1 Å². The lowest BCUT2D eigenvalue weighted by Gasteiger charge is -2.18. The third-order valence-corrected chi connectivity index (χ3v) is 4.69. The van der Waals surface area contributed by atoms with E-state index >= 15 is 0 Å². The van der Waals surface area contributed by atoms with Crippen LogP contribution in [0.1, 0.15) is 31.1 Å². The first kappa shape index (κ1) is 22.7. The molecule has 1 amide bonds. The maximum atomic E-state index is 12.5. The molecule has 6 nitrogen and oxygen atoms in total. The lowest BCUT2D eigenvalue weighted by atomic mass is 10.1. The molecule has 0 radical (unpaired) electrons. The predicted molar refractivity (Wildman–Crippen MR) is 115 cm³/mol. The number of likely N-dealkylation sites (N-methyl/N-ethyl adjacent to an activating group) is 1. The molecule has 0 saturated heterocycles.